The maximum Gasteiger partial charge on any atom is 0.308 e. The summed E-state index contributed by atoms with van der Waals surface area (Å²) < 4.78 is 5.15. The summed E-state index contributed by atoms with van der Waals surface area (Å²) in [5.41, 5.74) is 2.96. The Morgan fingerprint density at radius 1 is 1.03 bits per heavy atom. The first-order valence-electron chi connectivity index (χ1n) is 9.78. The molecular formula is C23H27ClN2O4. The number of ether oxygens (including phenoxy) is 1. The predicted octanol–water partition coefficient (Wildman–Crippen LogP) is 3.67. The molecule has 0 bridgehead atoms. The number of carbonyl (C=O) groups is 3. The van der Waals surface area contributed by atoms with Gasteiger partial charge in [0, 0.05) is 25.5 Å². The molecule has 0 aliphatic heterocycles. The Morgan fingerprint density at radius 2 is 1.63 bits per heavy atom. The van der Waals surface area contributed by atoms with Gasteiger partial charge in [0.25, 0.3) is 5.91 Å². The number of benzene rings is 2. The normalized spacial score (nSPS) is 11.5. The van der Waals surface area contributed by atoms with Crippen LogP contribution in [0.2, 0.25) is 5.02 Å². The molecule has 1 N–H and O–H groups in total. The standard InChI is InChI=1S/C23H27ClN2O4/c1-4-17-5-7-18(8-6-17)14-26(3)22(28)15-30-23(29)13-21(25-16(2)27)19-9-11-20(24)12-10-19/h5-12,21H,4,13-15H2,1-3H3,(H,25,27). The van der Waals surface area contributed by atoms with E-state index in [0.717, 1.165) is 17.5 Å². The van der Waals surface area contributed by atoms with Crippen LogP contribution in [0.1, 0.15) is 43.0 Å². The second kappa shape index (κ2) is 11.4. The Morgan fingerprint density at radius 3 is 2.20 bits per heavy atom. The first-order valence-corrected chi connectivity index (χ1v) is 10.2. The molecule has 0 spiro atoms. The number of halogens is 1. The van der Waals surface area contributed by atoms with Gasteiger partial charge in [0.15, 0.2) is 6.61 Å². The van der Waals surface area contributed by atoms with Crippen molar-refractivity contribution in [3.05, 3.63) is 70.2 Å². The molecule has 7 heteroatoms. The predicted molar refractivity (Wildman–Crippen MR) is 116 cm³/mol. The second-order valence-electron chi connectivity index (χ2n) is 7.09. The van der Waals surface area contributed by atoms with Gasteiger partial charge in [0.1, 0.15) is 0 Å². The van der Waals surface area contributed by atoms with Crippen molar-refractivity contribution in [2.45, 2.75) is 39.3 Å². The zero-order valence-corrected chi connectivity index (χ0v) is 18.2. The van der Waals surface area contributed by atoms with Crippen LogP contribution < -0.4 is 5.32 Å². The fourth-order valence-electron chi connectivity index (χ4n) is 2.91. The Bertz CT molecular complexity index is 866. The van der Waals surface area contributed by atoms with Crippen LogP contribution in [0.5, 0.6) is 0 Å². The second-order valence-corrected chi connectivity index (χ2v) is 7.53. The van der Waals surface area contributed by atoms with Gasteiger partial charge in [-0.15, -0.1) is 0 Å². The van der Waals surface area contributed by atoms with Crippen molar-refractivity contribution in [2.24, 2.45) is 0 Å². The van der Waals surface area contributed by atoms with Crippen molar-refractivity contribution in [1.82, 2.24) is 10.2 Å². The van der Waals surface area contributed by atoms with Crippen LogP contribution in [0, 0.1) is 0 Å². The average molecular weight is 431 g/mol. The number of esters is 1. The van der Waals surface area contributed by atoms with Crippen LogP contribution in [-0.4, -0.2) is 36.3 Å². The molecule has 0 saturated carbocycles. The highest BCUT2D eigenvalue weighted by molar-refractivity contribution is 6.30. The smallest absolute Gasteiger partial charge is 0.308 e. The van der Waals surface area contributed by atoms with Crippen LogP contribution in [-0.2, 0) is 32.1 Å². The zero-order chi connectivity index (χ0) is 22.1. The summed E-state index contributed by atoms with van der Waals surface area (Å²) in [6, 6.07) is 14.3. The van der Waals surface area contributed by atoms with Gasteiger partial charge in [-0.2, -0.15) is 0 Å². The van der Waals surface area contributed by atoms with E-state index in [1.54, 1.807) is 31.3 Å². The molecule has 2 aromatic rings. The highest BCUT2D eigenvalue weighted by atomic mass is 35.5. The van der Waals surface area contributed by atoms with Gasteiger partial charge in [-0.1, -0.05) is 54.9 Å². The van der Waals surface area contributed by atoms with E-state index in [1.807, 2.05) is 24.3 Å². The third-order valence-corrected chi connectivity index (χ3v) is 4.91. The third kappa shape index (κ3) is 7.52. The first-order chi connectivity index (χ1) is 14.3. The molecule has 0 fully saturated rings. The van der Waals surface area contributed by atoms with Crippen LogP contribution >= 0.6 is 11.6 Å². The summed E-state index contributed by atoms with van der Waals surface area (Å²) in [6.07, 6.45) is 0.872. The average Bonchev–Trinajstić information content (AvgIpc) is 2.72. The number of nitrogens with zero attached hydrogens (tertiary/aromatic N) is 1. The molecule has 0 aliphatic carbocycles. The zero-order valence-electron chi connectivity index (χ0n) is 17.5. The highest BCUT2D eigenvalue weighted by Crippen LogP contribution is 2.20. The van der Waals surface area contributed by atoms with E-state index in [2.05, 4.69) is 12.2 Å². The Balaban J connectivity index is 1.87. The number of rotatable bonds is 9. The molecule has 30 heavy (non-hydrogen) atoms. The molecule has 2 rings (SSSR count). The first kappa shape index (κ1) is 23.4. The minimum absolute atomic E-state index is 0.0866. The van der Waals surface area contributed by atoms with E-state index in [9.17, 15) is 14.4 Å². The summed E-state index contributed by atoms with van der Waals surface area (Å²) in [7, 11) is 1.66. The minimum Gasteiger partial charge on any atom is -0.455 e. The Kier molecular flexibility index (Phi) is 8.87. The van der Waals surface area contributed by atoms with Crippen LogP contribution in [0.15, 0.2) is 48.5 Å². The molecule has 1 atom stereocenters. The number of amides is 2. The summed E-state index contributed by atoms with van der Waals surface area (Å²) in [5, 5.41) is 3.28. The topological polar surface area (TPSA) is 75.7 Å². The molecule has 0 heterocycles. The van der Waals surface area contributed by atoms with Crippen molar-refractivity contribution >= 4 is 29.4 Å². The molecule has 0 aliphatic rings. The number of hydrogen-bond acceptors (Lipinski definition) is 4. The third-order valence-electron chi connectivity index (χ3n) is 4.65. The summed E-state index contributed by atoms with van der Waals surface area (Å²) in [5.74, 6) is -1.14. The summed E-state index contributed by atoms with van der Waals surface area (Å²) in [6.45, 7) is 3.54. The molecule has 6 nitrogen and oxygen atoms in total. The largest absolute Gasteiger partial charge is 0.455 e. The van der Waals surface area contributed by atoms with E-state index < -0.39 is 12.0 Å². The quantitative estimate of drug-likeness (QED) is 0.616. The van der Waals surface area contributed by atoms with E-state index in [0.29, 0.717) is 11.6 Å². The molecule has 160 valence electrons. The van der Waals surface area contributed by atoms with E-state index in [4.69, 9.17) is 16.3 Å². The summed E-state index contributed by atoms with van der Waals surface area (Å²) >= 11 is 5.89. The Labute approximate surface area is 182 Å². The SMILES string of the molecule is CCc1ccc(CN(C)C(=O)COC(=O)CC(NC(C)=O)c2ccc(Cl)cc2)cc1. The number of hydrogen-bond donors (Lipinski definition) is 1. The molecule has 0 radical (unpaired) electrons. The maximum absolute atomic E-state index is 12.3. The molecule has 0 aromatic heterocycles. The number of likely N-dealkylation sites (N-methyl/N-ethyl adjacent to an activating group) is 1. The molecule has 0 saturated heterocycles. The molecule has 2 amide bonds. The minimum atomic E-state index is -0.572. The maximum atomic E-state index is 12.3. The number of aryl methyl sites for hydroxylation is 1. The van der Waals surface area contributed by atoms with Gasteiger partial charge in [-0.25, -0.2) is 0 Å². The van der Waals surface area contributed by atoms with Crippen LogP contribution in [0.25, 0.3) is 0 Å². The van der Waals surface area contributed by atoms with E-state index >= 15 is 0 Å². The van der Waals surface area contributed by atoms with Crippen molar-refractivity contribution in [3.63, 3.8) is 0 Å². The highest BCUT2D eigenvalue weighted by Gasteiger charge is 2.20. The van der Waals surface area contributed by atoms with Crippen molar-refractivity contribution in [3.8, 4) is 0 Å². The molecule has 1 unspecified atom stereocenters. The van der Waals surface area contributed by atoms with E-state index in [-0.39, 0.29) is 24.8 Å². The van der Waals surface area contributed by atoms with Crippen molar-refractivity contribution in [2.75, 3.05) is 13.7 Å². The summed E-state index contributed by atoms with van der Waals surface area (Å²) in [4.78, 5) is 37.6. The molecule has 2 aromatic carbocycles. The van der Waals surface area contributed by atoms with Gasteiger partial charge in [-0.3, -0.25) is 14.4 Å². The lowest BCUT2D eigenvalue weighted by molar-refractivity contribution is -0.152. The number of carbonyl (C=O) groups excluding carboxylic acids is 3. The lowest BCUT2D eigenvalue weighted by atomic mass is 10.0. The Hall–Kier alpha value is -2.86. The van der Waals surface area contributed by atoms with E-state index in [1.165, 1.54) is 17.4 Å². The fourth-order valence-corrected chi connectivity index (χ4v) is 3.04. The van der Waals surface area contributed by atoms with Crippen molar-refractivity contribution < 1.29 is 19.1 Å². The van der Waals surface area contributed by atoms with Gasteiger partial charge in [0.05, 0.1) is 12.5 Å². The molecular weight excluding hydrogens is 404 g/mol. The fraction of sp³-hybridized carbons (Fsp3) is 0.348. The monoisotopic (exact) mass is 430 g/mol. The van der Waals surface area contributed by atoms with Crippen LogP contribution in [0.4, 0.5) is 0 Å². The van der Waals surface area contributed by atoms with Gasteiger partial charge in [-0.05, 0) is 35.2 Å². The van der Waals surface area contributed by atoms with Gasteiger partial charge < -0.3 is 15.0 Å². The van der Waals surface area contributed by atoms with Gasteiger partial charge in [0.2, 0.25) is 5.91 Å². The lowest BCUT2D eigenvalue weighted by Crippen LogP contribution is -2.32. The van der Waals surface area contributed by atoms with Crippen molar-refractivity contribution in [1.29, 1.82) is 0 Å². The van der Waals surface area contributed by atoms with Gasteiger partial charge >= 0.3 is 5.97 Å². The van der Waals surface area contributed by atoms with Crippen LogP contribution in [0.3, 0.4) is 0 Å². The lowest BCUT2D eigenvalue weighted by Gasteiger charge is -2.19. The number of nitrogens with one attached hydrogen (secondary N) is 1.